The molecule has 150 valence electrons. The molecule has 2 aromatic carbocycles. The number of esters is 1. The molecule has 0 amide bonds. The normalized spacial score (nSPS) is 16.0. The molecule has 6 nitrogen and oxygen atoms in total. The molecule has 0 radical (unpaired) electrons. The Kier molecular flexibility index (Phi) is 5.95. The number of piperidine rings is 1. The Labute approximate surface area is 161 Å². The predicted octanol–water partition coefficient (Wildman–Crippen LogP) is 2.98. The third-order valence-electron chi connectivity index (χ3n) is 4.58. The number of ether oxygens (including phenoxy) is 2. The van der Waals surface area contributed by atoms with E-state index < -0.39 is 38.4 Å². The maximum Gasteiger partial charge on any atom is 0.314 e. The second-order valence-corrected chi connectivity index (χ2v) is 8.26. The van der Waals surface area contributed by atoms with Gasteiger partial charge in [-0.05, 0) is 55.3 Å². The summed E-state index contributed by atoms with van der Waals surface area (Å²) in [6, 6.07) is 8.81. The van der Waals surface area contributed by atoms with Gasteiger partial charge in [0, 0.05) is 13.1 Å². The van der Waals surface area contributed by atoms with E-state index in [1.165, 1.54) is 7.11 Å². The largest absolute Gasteiger partial charge is 0.497 e. The summed E-state index contributed by atoms with van der Waals surface area (Å²) in [5, 5.41) is 0. The Morgan fingerprint density at radius 1 is 1.04 bits per heavy atom. The molecule has 2 aromatic rings. The lowest BCUT2D eigenvalue weighted by Gasteiger charge is -2.30. The monoisotopic (exact) mass is 411 g/mol. The Bertz CT molecular complexity index is 955. The van der Waals surface area contributed by atoms with Crippen LogP contribution in [0.3, 0.4) is 0 Å². The molecule has 1 heterocycles. The van der Waals surface area contributed by atoms with Crippen LogP contribution >= 0.6 is 0 Å². The molecule has 0 saturated carbocycles. The van der Waals surface area contributed by atoms with Gasteiger partial charge in [-0.2, -0.15) is 4.31 Å². The number of methoxy groups -OCH3 is 1. The van der Waals surface area contributed by atoms with Gasteiger partial charge in [0.15, 0.2) is 0 Å². The Hall–Kier alpha value is -2.52. The van der Waals surface area contributed by atoms with Crippen molar-refractivity contribution >= 4 is 16.0 Å². The molecule has 0 bridgehead atoms. The number of sulfonamides is 1. The van der Waals surface area contributed by atoms with Gasteiger partial charge in [0.2, 0.25) is 10.0 Å². The molecule has 1 aliphatic heterocycles. The second kappa shape index (κ2) is 8.24. The van der Waals surface area contributed by atoms with Crippen LogP contribution in [0.2, 0.25) is 0 Å². The molecule has 0 unspecified atom stereocenters. The number of carbonyl (C=O) groups excluding carboxylic acids is 1. The second-order valence-electron chi connectivity index (χ2n) is 6.35. The van der Waals surface area contributed by atoms with Crippen molar-refractivity contribution in [3.63, 3.8) is 0 Å². The highest BCUT2D eigenvalue weighted by Gasteiger charge is 2.34. The molecule has 3 rings (SSSR count). The van der Waals surface area contributed by atoms with E-state index in [9.17, 15) is 22.0 Å². The summed E-state index contributed by atoms with van der Waals surface area (Å²) in [6.07, 6.45) is 0.455. The highest BCUT2D eigenvalue weighted by molar-refractivity contribution is 7.89. The van der Waals surface area contributed by atoms with Crippen molar-refractivity contribution in [2.24, 2.45) is 5.92 Å². The zero-order chi connectivity index (χ0) is 20.3. The first-order chi connectivity index (χ1) is 13.3. The van der Waals surface area contributed by atoms with E-state index in [4.69, 9.17) is 9.47 Å². The van der Waals surface area contributed by atoms with Crippen LogP contribution in [0.1, 0.15) is 12.8 Å². The maximum absolute atomic E-state index is 13.9. The van der Waals surface area contributed by atoms with Crippen molar-refractivity contribution in [1.82, 2.24) is 4.31 Å². The van der Waals surface area contributed by atoms with Crippen molar-refractivity contribution in [3.8, 4) is 11.5 Å². The third kappa shape index (κ3) is 4.31. The van der Waals surface area contributed by atoms with Crippen LogP contribution in [0.25, 0.3) is 0 Å². The van der Waals surface area contributed by atoms with E-state index in [0.29, 0.717) is 17.6 Å². The van der Waals surface area contributed by atoms with E-state index in [-0.39, 0.29) is 25.9 Å². The first kappa shape index (κ1) is 20.2. The molecule has 0 aliphatic carbocycles. The van der Waals surface area contributed by atoms with Crippen molar-refractivity contribution in [2.45, 2.75) is 17.7 Å². The summed E-state index contributed by atoms with van der Waals surface area (Å²) < 4.78 is 63.8. The first-order valence-corrected chi connectivity index (χ1v) is 10.1. The fourth-order valence-corrected chi connectivity index (χ4v) is 4.53. The molecular weight excluding hydrogens is 392 g/mol. The van der Waals surface area contributed by atoms with Crippen LogP contribution in [0, 0.1) is 17.6 Å². The van der Waals surface area contributed by atoms with Crippen LogP contribution in [0.4, 0.5) is 8.78 Å². The molecule has 1 saturated heterocycles. The van der Waals surface area contributed by atoms with Crippen LogP contribution < -0.4 is 9.47 Å². The minimum Gasteiger partial charge on any atom is -0.497 e. The highest BCUT2D eigenvalue weighted by atomic mass is 32.2. The van der Waals surface area contributed by atoms with Gasteiger partial charge in [-0.15, -0.1) is 0 Å². The van der Waals surface area contributed by atoms with Crippen LogP contribution in [-0.2, 0) is 14.8 Å². The average molecular weight is 411 g/mol. The lowest BCUT2D eigenvalue weighted by Crippen LogP contribution is -2.41. The van der Waals surface area contributed by atoms with Gasteiger partial charge in [0.05, 0.1) is 13.0 Å². The number of hydrogen-bond donors (Lipinski definition) is 0. The number of carbonyl (C=O) groups is 1. The number of hydrogen-bond acceptors (Lipinski definition) is 5. The topological polar surface area (TPSA) is 72.9 Å². The third-order valence-corrected chi connectivity index (χ3v) is 6.49. The Balaban J connectivity index is 1.63. The van der Waals surface area contributed by atoms with E-state index in [1.807, 2.05) is 0 Å². The van der Waals surface area contributed by atoms with Crippen molar-refractivity contribution in [2.75, 3.05) is 20.2 Å². The van der Waals surface area contributed by atoms with Gasteiger partial charge in [0.1, 0.15) is 28.0 Å². The lowest BCUT2D eigenvalue weighted by molar-refractivity contribution is -0.140. The summed E-state index contributed by atoms with van der Waals surface area (Å²) in [5.74, 6) is -1.80. The van der Waals surface area contributed by atoms with E-state index in [1.54, 1.807) is 24.3 Å². The summed E-state index contributed by atoms with van der Waals surface area (Å²) in [7, 11) is -2.65. The molecule has 9 heteroatoms. The zero-order valence-corrected chi connectivity index (χ0v) is 15.9. The van der Waals surface area contributed by atoms with Gasteiger partial charge >= 0.3 is 5.97 Å². The zero-order valence-electron chi connectivity index (χ0n) is 15.1. The number of rotatable bonds is 5. The first-order valence-electron chi connectivity index (χ1n) is 8.62. The van der Waals surface area contributed by atoms with Crippen molar-refractivity contribution in [3.05, 3.63) is 54.1 Å². The quantitative estimate of drug-likeness (QED) is 0.559. The average Bonchev–Trinajstić information content (AvgIpc) is 2.70. The van der Waals surface area contributed by atoms with Gasteiger partial charge in [-0.3, -0.25) is 4.79 Å². The standard InChI is InChI=1S/C19H19F2NO5S/c1-26-15-3-5-16(6-4-15)27-19(23)13-8-10-22(11-9-13)28(24,25)18-12-14(20)2-7-17(18)21/h2-7,12-13H,8-11H2,1H3. The van der Waals surface area contributed by atoms with E-state index in [0.717, 1.165) is 16.4 Å². The van der Waals surface area contributed by atoms with Gasteiger partial charge in [-0.1, -0.05) is 0 Å². The maximum atomic E-state index is 13.9. The Morgan fingerprint density at radius 3 is 2.25 bits per heavy atom. The van der Waals surface area contributed by atoms with Gasteiger partial charge < -0.3 is 9.47 Å². The molecule has 0 aromatic heterocycles. The van der Waals surface area contributed by atoms with Gasteiger partial charge in [0.25, 0.3) is 0 Å². The fourth-order valence-electron chi connectivity index (χ4n) is 2.99. The molecule has 0 spiro atoms. The van der Waals surface area contributed by atoms with Crippen molar-refractivity contribution < 1.29 is 31.5 Å². The summed E-state index contributed by atoms with van der Waals surface area (Å²) in [6.45, 7) is 0.0291. The summed E-state index contributed by atoms with van der Waals surface area (Å²) in [4.78, 5) is 11.6. The minimum absolute atomic E-state index is 0.0145. The van der Waals surface area contributed by atoms with Gasteiger partial charge in [-0.25, -0.2) is 17.2 Å². The Morgan fingerprint density at radius 2 is 1.64 bits per heavy atom. The fraction of sp³-hybridized carbons (Fsp3) is 0.316. The van der Waals surface area contributed by atoms with Crippen LogP contribution in [-0.4, -0.2) is 38.9 Å². The SMILES string of the molecule is COc1ccc(OC(=O)C2CCN(S(=O)(=O)c3cc(F)ccc3F)CC2)cc1. The lowest BCUT2D eigenvalue weighted by atomic mass is 9.98. The predicted molar refractivity (Wildman–Crippen MR) is 96.5 cm³/mol. The van der Waals surface area contributed by atoms with E-state index >= 15 is 0 Å². The number of benzene rings is 2. The molecule has 0 N–H and O–H groups in total. The molecular formula is C19H19F2NO5S. The van der Waals surface area contributed by atoms with Crippen molar-refractivity contribution in [1.29, 1.82) is 0 Å². The van der Waals surface area contributed by atoms with Crippen LogP contribution in [0.5, 0.6) is 11.5 Å². The highest BCUT2D eigenvalue weighted by Crippen LogP contribution is 2.27. The molecule has 1 fully saturated rings. The summed E-state index contributed by atoms with van der Waals surface area (Å²) >= 11 is 0. The van der Waals surface area contributed by atoms with Crippen LogP contribution in [0.15, 0.2) is 47.4 Å². The van der Waals surface area contributed by atoms with E-state index in [2.05, 4.69) is 0 Å². The number of halogens is 2. The smallest absolute Gasteiger partial charge is 0.314 e. The minimum atomic E-state index is -4.18. The molecule has 1 aliphatic rings. The molecule has 0 atom stereocenters. The summed E-state index contributed by atoms with van der Waals surface area (Å²) in [5.41, 5.74) is 0. The molecule has 28 heavy (non-hydrogen) atoms. The number of nitrogens with zero attached hydrogens (tertiary/aromatic N) is 1.